The third kappa shape index (κ3) is 5.61. The van der Waals surface area contributed by atoms with E-state index in [0.29, 0.717) is 28.4 Å². The lowest BCUT2D eigenvalue weighted by Crippen LogP contribution is -2.16. The van der Waals surface area contributed by atoms with Crippen LogP contribution in [0.3, 0.4) is 0 Å². The van der Waals surface area contributed by atoms with Crippen LogP contribution in [-0.2, 0) is 19.4 Å². The highest BCUT2D eigenvalue weighted by Gasteiger charge is 2.14. The van der Waals surface area contributed by atoms with Gasteiger partial charge < -0.3 is 14.4 Å². The van der Waals surface area contributed by atoms with Gasteiger partial charge in [0, 0.05) is 11.9 Å². The first-order chi connectivity index (χ1) is 16.4. The van der Waals surface area contributed by atoms with E-state index < -0.39 is 11.6 Å². The topological polar surface area (TPSA) is 68.5 Å². The molecule has 174 valence electrons. The first kappa shape index (κ1) is 23.9. The zero-order valence-corrected chi connectivity index (χ0v) is 19.9. The predicted octanol–water partition coefficient (Wildman–Crippen LogP) is 6.98. The molecule has 1 heterocycles. The third-order valence-corrected chi connectivity index (χ3v) is 6.55. The Morgan fingerprint density at radius 3 is 2.50 bits per heavy atom. The van der Waals surface area contributed by atoms with Gasteiger partial charge in [-0.05, 0) is 60.6 Å². The fraction of sp³-hybridized carbons (Fsp3) is 0.185. The van der Waals surface area contributed by atoms with Gasteiger partial charge in [0.15, 0.2) is 5.75 Å². The molecular weight excluding hydrogens is 473 g/mol. The van der Waals surface area contributed by atoms with Crippen molar-refractivity contribution in [1.29, 1.82) is 0 Å². The Morgan fingerprint density at radius 1 is 0.941 bits per heavy atom. The first-order valence-corrected chi connectivity index (χ1v) is 11.7. The van der Waals surface area contributed by atoms with Crippen molar-refractivity contribution in [3.05, 3.63) is 110 Å². The van der Waals surface area contributed by atoms with E-state index in [-0.39, 0.29) is 5.75 Å². The van der Waals surface area contributed by atoms with Crippen LogP contribution in [-0.4, -0.2) is 15.8 Å². The average Bonchev–Trinajstić information content (AvgIpc) is 2.83. The number of nitrogens with zero attached hydrogens (tertiary/aromatic N) is 1. The summed E-state index contributed by atoms with van der Waals surface area (Å²) in [5.41, 5.74) is 3.23. The Balaban J connectivity index is 1.63. The fourth-order valence-electron chi connectivity index (χ4n) is 4.04. The average molecular weight is 496 g/mol. The molecule has 34 heavy (non-hydrogen) atoms. The molecular formula is C27H23Cl2NO4. The van der Waals surface area contributed by atoms with Gasteiger partial charge in [-0.25, -0.2) is 4.79 Å². The van der Waals surface area contributed by atoms with E-state index in [2.05, 4.69) is 12.1 Å². The number of aryl methyl sites for hydroxylation is 2. The molecule has 0 amide bonds. The van der Waals surface area contributed by atoms with E-state index in [4.69, 9.17) is 33.0 Å². The number of ether oxygens (including phenoxy) is 1. The highest BCUT2D eigenvalue weighted by molar-refractivity contribution is 6.42. The van der Waals surface area contributed by atoms with Crippen LogP contribution in [0.4, 0.5) is 4.79 Å². The van der Waals surface area contributed by atoms with Gasteiger partial charge in [-0.3, -0.25) is 4.79 Å². The number of hydrogen-bond donors (Lipinski definition) is 1. The first-order valence-electron chi connectivity index (χ1n) is 11.0. The summed E-state index contributed by atoms with van der Waals surface area (Å²) in [5.74, 6) is -0.207. The lowest BCUT2D eigenvalue weighted by Gasteiger charge is -2.14. The molecule has 5 nitrogen and oxygen atoms in total. The largest absolute Gasteiger partial charge is 0.511 e. The molecule has 3 aromatic carbocycles. The number of aromatic nitrogens is 1. The van der Waals surface area contributed by atoms with Crippen LogP contribution in [0.15, 0.2) is 77.7 Å². The van der Waals surface area contributed by atoms with E-state index in [1.165, 1.54) is 11.8 Å². The Kier molecular flexibility index (Phi) is 7.56. The zero-order valence-electron chi connectivity index (χ0n) is 18.3. The molecule has 1 aromatic heterocycles. The summed E-state index contributed by atoms with van der Waals surface area (Å²) in [6.07, 6.45) is 3.21. The van der Waals surface area contributed by atoms with Crippen molar-refractivity contribution in [2.24, 2.45) is 0 Å². The highest BCUT2D eigenvalue weighted by Crippen LogP contribution is 2.28. The summed E-state index contributed by atoms with van der Waals surface area (Å²) in [6, 6.07) is 21.3. The summed E-state index contributed by atoms with van der Waals surface area (Å²) in [5, 5.41) is 10.4. The standard InChI is InChI=1S/C27H23Cl2NO4/c28-22-11-6-10-20(25(22)29)15-19-12-13-23-21(16-19)26(31)24(34-27(32)33)17-30(23)14-5-4-9-18-7-2-1-3-8-18/h1-3,6-8,10-13,16-17H,4-5,9,14-15H2,(H,32,33). The SMILES string of the molecule is O=C(O)Oc1cn(CCCCc2ccccc2)c2ccc(Cc3cccc(Cl)c3Cl)cc2c1=O. The van der Waals surface area contributed by atoms with Crippen LogP contribution < -0.4 is 10.2 Å². The van der Waals surface area contributed by atoms with Crippen molar-refractivity contribution < 1.29 is 14.6 Å². The quantitative estimate of drug-likeness (QED) is 0.211. The van der Waals surface area contributed by atoms with E-state index in [1.807, 2.05) is 47.0 Å². The van der Waals surface area contributed by atoms with Crippen LogP contribution in [0.5, 0.6) is 5.75 Å². The van der Waals surface area contributed by atoms with Crippen LogP contribution in [0.1, 0.15) is 29.5 Å². The molecule has 0 atom stereocenters. The van der Waals surface area contributed by atoms with Gasteiger partial charge in [0.05, 0.1) is 21.8 Å². The molecule has 0 fully saturated rings. The number of halogens is 2. The number of hydrogen-bond acceptors (Lipinski definition) is 3. The Bertz CT molecular complexity index is 1380. The second-order valence-corrected chi connectivity index (χ2v) is 8.85. The number of pyridine rings is 1. The van der Waals surface area contributed by atoms with Crippen LogP contribution in [0.25, 0.3) is 10.9 Å². The highest BCUT2D eigenvalue weighted by atomic mass is 35.5. The summed E-state index contributed by atoms with van der Waals surface area (Å²) < 4.78 is 6.69. The van der Waals surface area contributed by atoms with Crippen molar-refractivity contribution in [2.45, 2.75) is 32.2 Å². The van der Waals surface area contributed by atoms with Crippen molar-refractivity contribution in [1.82, 2.24) is 4.57 Å². The summed E-state index contributed by atoms with van der Waals surface area (Å²) in [7, 11) is 0. The Morgan fingerprint density at radius 2 is 1.74 bits per heavy atom. The molecule has 0 aliphatic heterocycles. The van der Waals surface area contributed by atoms with Gasteiger partial charge in [-0.15, -0.1) is 0 Å². The molecule has 0 bridgehead atoms. The minimum absolute atomic E-state index is 0.207. The summed E-state index contributed by atoms with van der Waals surface area (Å²) in [4.78, 5) is 24.2. The minimum atomic E-state index is -1.52. The lowest BCUT2D eigenvalue weighted by molar-refractivity contribution is 0.143. The van der Waals surface area contributed by atoms with Gasteiger partial charge in [-0.2, -0.15) is 0 Å². The molecule has 0 aliphatic rings. The molecule has 0 aliphatic carbocycles. The van der Waals surface area contributed by atoms with Gasteiger partial charge in [-0.1, -0.05) is 71.7 Å². The Hall–Kier alpha value is -3.28. The smallest absolute Gasteiger partial charge is 0.449 e. The van der Waals surface area contributed by atoms with Crippen molar-refractivity contribution in [2.75, 3.05) is 0 Å². The Labute approximate surface area is 207 Å². The van der Waals surface area contributed by atoms with E-state index in [1.54, 1.807) is 12.1 Å². The number of rotatable bonds is 8. The number of unbranched alkanes of at least 4 members (excludes halogenated alkanes) is 1. The molecule has 1 N–H and O–H groups in total. The van der Waals surface area contributed by atoms with Gasteiger partial charge in [0.1, 0.15) is 0 Å². The van der Waals surface area contributed by atoms with Crippen LogP contribution >= 0.6 is 23.2 Å². The number of carboxylic acid groups (broad SMARTS) is 1. The predicted molar refractivity (Wildman–Crippen MR) is 136 cm³/mol. The second-order valence-electron chi connectivity index (χ2n) is 8.07. The van der Waals surface area contributed by atoms with Gasteiger partial charge in [0.2, 0.25) is 5.43 Å². The molecule has 7 heteroatoms. The molecule has 4 rings (SSSR count). The molecule has 0 spiro atoms. The maximum Gasteiger partial charge on any atom is 0.511 e. The van der Waals surface area contributed by atoms with Gasteiger partial charge in [0.25, 0.3) is 0 Å². The van der Waals surface area contributed by atoms with E-state index in [9.17, 15) is 9.59 Å². The zero-order chi connectivity index (χ0) is 24.1. The summed E-state index contributed by atoms with van der Waals surface area (Å²) in [6.45, 7) is 0.624. The normalized spacial score (nSPS) is 11.0. The maximum atomic E-state index is 13.0. The third-order valence-electron chi connectivity index (χ3n) is 5.69. The second kappa shape index (κ2) is 10.8. The fourth-order valence-corrected chi connectivity index (χ4v) is 4.43. The minimum Gasteiger partial charge on any atom is -0.449 e. The van der Waals surface area contributed by atoms with Crippen molar-refractivity contribution >= 4 is 40.3 Å². The van der Waals surface area contributed by atoms with E-state index >= 15 is 0 Å². The number of fused-ring (bicyclic) bond motifs is 1. The molecule has 0 unspecified atom stereocenters. The molecule has 4 aromatic rings. The monoisotopic (exact) mass is 495 g/mol. The van der Waals surface area contributed by atoms with E-state index in [0.717, 1.165) is 35.9 Å². The molecule has 0 saturated carbocycles. The van der Waals surface area contributed by atoms with Crippen LogP contribution in [0, 0.1) is 0 Å². The number of benzene rings is 3. The maximum absolute atomic E-state index is 13.0. The lowest BCUT2D eigenvalue weighted by atomic mass is 10.0. The van der Waals surface area contributed by atoms with Crippen molar-refractivity contribution in [3.63, 3.8) is 0 Å². The van der Waals surface area contributed by atoms with Crippen molar-refractivity contribution in [3.8, 4) is 5.75 Å². The van der Waals surface area contributed by atoms with Crippen LogP contribution in [0.2, 0.25) is 10.0 Å². The number of carbonyl (C=O) groups is 1. The molecule has 0 saturated heterocycles. The van der Waals surface area contributed by atoms with Gasteiger partial charge >= 0.3 is 6.16 Å². The summed E-state index contributed by atoms with van der Waals surface area (Å²) >= 11 is 12.5. The molecule has 0 radical (unpaired) electrons.